The summed E-state index contributed by atoms with van der Waals surface area (Å²) in [6.45, 7) is 3.22. The van der Waals surface area contributed by atoms with E-state index in [-0.39, 0.29) is 11.7 Å². The van der Waals surface area contributed by atoms with Gasteiger partial charge >= 0.3 is 0 Å². The van der Waals surface area contributed by atoms with Gasteiger partial charge in [-0.15, -0.1) is 0 Å². The molecule has 1 aliphatic carbocycles. The molecule has 2 aliphatic rings. The third kappa shape index (κ3) is 5.05. The number of hydrogen-bond donors (Lipinski definition) is 0. The van der Waals surface area contributed by atoms with Crippen molar-refractivity contribution in [2.75, 3.05) is 20.2 Å². The summed E-state index contributed by atoms with van der Waals surface area (Å²) >= 11 is 0. The second kappa shape index (κ2) is 10.3. The summed E-state index contributed by atoms with van der Waals surface area (Å²) in [6.07, 6.45) is 12.0. The lowest BCUT2D eigenvalue weighted by atomic mass is 9.83. The molecule has 34 heavy (non-hydrogen) atoms. The molecule has 0 spiro atoms. The number of fused-ring (bicyclic) bond motifs is 1. The SMILES string of the molecule is COC1CCC(C(=O)Cc2ncc3ccc(-c4cnn(C)c4CN4CCCCC4)cc3n2)CC1. The summed E-state index contributed by atoms with van der Waals surface area (Å²) < 4.78 is 7.44. The zero-order valence-corrected chi connectivity index (χ0v) is 20.4. The highest BCUT2D eigenvalue weighted by Gasteiger charge is 2.26. The van der Waals surface area contributed by atoms with Crippen molar-refractivity contribution in [3.05, 3.63) is 42.1 Å². The van der Waals surface area contributed by atoms with Gasteiger partial charge in [-0.1, -0.05) is 18.6 Å². The van der Waals surface area contributed by atoms with E-state index in [9.17, 15) is 4.79 Å². The number of hydrogen-bond acceptors (Lipinski definition) is 6. The minimum absolute atomic E-state index is 0.102. The van der Waals surface area contributed by atoms with Crippen molar-refractivity contribution in [2.24, 2.45) is 13.0 Å². The second-order valence-corrected chi connectivity index (χ2v) is 9.88. The van der Waals surface area contributed by atoms with Gasteiger partial charge in [0.1, 0.15) is 11.6 Å². The molecule has 180 valence electrons. The molecule has 1 aliphatic heterocycles. The molecular weight excluding hydrogens is 426 g/mol. The molecule has 1 aromatic carbocycles. The Balaban J connectivity index is 1.34. The number of piperidine rings is 1. The lowest BCUT2D eigenvalue weighted by Gasteiger charge is -2.26. The lowest BCUT2D eigenvalue weighted by Crippen LogP contribution is -2.30. The summed E-state index contributed by atoms with van der Waals surface area (Å²) in [7, 11) is 3.78. The van der Waals surface area contributed by atoms with E-state index in [4.69, 9.17) is 9.72 Å². The van der Waals surface area contributed by atoms with Gasteiger partial charge in [0.25, 0.3) is 0 Å². The van der Waals surface area contributed by atoms with Crippen LogP contribution in [0, 0.1) is 5.92 Å². The molecule has 0 N–H and O–H groups in total. The van der Waals surface area contributed by atoms with Gasteiger partial charge in [0, 0.05) is 43.8 Å². The van der Waals surface area contributed by atoms with Crippen LogP contribution in [0.1, 0.15) is 56.5 Å². The van der Waals surface area contributed by atoms with Gasteiger partial charge in [0.15, 0.2) is 0 Å². The summed E-state index contributed by atoms with van der Waals surface area (Å²) in [5.74, 6) is 0.967. The van der Waals surface area contributed by atoms with E-state index in [0.29, 0.717) is 18.3 Å². The molecule has 1 saturated heterocycles. The molecule has 0 amide bonds. The van der Waals surface area contributed by atoms with Gasteiger partial charge in [-0.25, -0.2) is 9.97 Å². The quantitative estimate of drug-likeness (QED) is 0.521. The highest BCUT2D eigenvalue weighted by atomic mass is 16.5. The van der Waals surface area contributed by atoms with E-state index in [1.54, 1.807) is 7.11 Å². The molecule has 0 radical (unpaired) electrons. The Bertz CT molecular complexity index is 1140. The first-order valence-corrected chi connectivity index (χ1v) is 12.7. The van der Waals surface area contributed by atoms with Crippen LogP contribution in [0.4, 0.5) is 0 Å². The smallest absolute Gasteiger partial charge is 0.143 e. The number of carbonyl (C=O) groups is 1. The molecule has 2 fully saturated rings. The van der Waals surface area contributed by atoms with E-state index in [1.807, 2.05) is 24.1 Å². The first-order valence-electron chi connectivity index (χ1n) is 12.7. The Morgan fingerprint density at radius 1 is 1.09 bits per heavy atom. The molecule has 0 bridgehead atoms. The third-order valence-corrected chi connectivity index (χ3v) is 7.62. The zero-order chi connectivity index (χ0) is 23.5. The number of likely N-dealkylation sites (tertiary alicyclic amines) is 1. The van der Waals surface area contributed by atoms with Crippen molar-refractivity contribution in [2.45, 2.75) is 64.0 Å². The number of ketones is 1. The minimum Gasteiger partial charge on any atom is -0.381 e. The predicted octanol–water partition coefficient (Wildman–Crippen LogP) is 4.33. The Morgan fingerprint density at radius 2 is 1.88 bits per heavy atom. The van der Waals surface area contributed by atoms with Crippen molar-refractivity contribution in [1.82, 2.24) is 24.6 Å². The summed E-state index contributed by atoms with van der Waals surface area (Å²) in [5, 5.41) is 5.55. The number of aryl methyl sites for hydroxylation is 1. The Hall–Kier alpha value is -2.64. The van der Waals surface area contributed by atoms with Crippen LogP contribution in [0.15, 0.2) is 30.6 Å². The number of methoxy groups -OCH3 is 1. The van der Waals surface area contributed by atoms with Crippen molar-refractivity contribution in [3.8, 4) is 11.1 Å². The average Bonchev–Trinajstić information content (AvgIpc) is 3.24. The number of Topliss-reactive ketones (excluding diaryl/α,β-unsaturated/α-hetero) is 1. The second-order valence-electron chi connectivity index (χ2n) is 9.88. The largest absolute Gasteiger partial charge is 0.381 e. The van der Waals surface area contributed by atoms with Crippen molar-refractivity contribution < 1.29 is 9.53 Å². The summed E-state index contributed by atoms with van der Waals surface area (Å²) in [4.78, 5) is 24.7. The molecule has 0 atom stereocenters. The number of rotatable bonds is 7. The van der Waals surface area contributed by atoms with Crippen LogP contribution in [0.2, 0.25) is 0 Å². The molecule has 1 saturated carbocycles. The van der Waals surface area contributed by atoms with E-state index < -0.39 is 0 Å². The molecular formula is C27H35N5O2. The normalized spacial score (nSPS) is 21.7. The molecule has 2 aromatic heterocycles. The molecule has 7 heteroatoms. The molecule has 7 nitrogen and oxygen atoms in total. The topological polar surface area (TPSA) is 73.1 Å². The van der Waals surface area contributed by atoms with Crippen LogP contribution < -0.4 is 0 Å². The maximum absolute atomic E-state index is 12.9. The van der Waals surface area contributed by atoms with Crippen LogP contribution in [0.3, 0.4) is 0 Å². The molecule has 5 rings (SSSR count). The van der Waals surface area contributed by atoms with Gasteiger partial charge in [-0.05, 0) is 63.2 Å². The average molecular weight is 462 g/mol. The van der Waals surface area contributed by atoms with E-state index in [2.05, 4.69) is 33.2 Å². The Labute approximate surface area is 201 Å². The lowest BCUT2D eigenvalue weighted by molar-refractivity contribution is -0.124. The van der Waals surface area contributed by atoms with Crippen LogP contribution >= 0.6 is 0 Å². The first kappa shape index (κ1) is 23.1. The number of carbonyl (C=O) groups excluding carboxylic acids is 1. The first-order chi connectivity index (χ1) is 16.6. The van der Waals surface area contributed by atoms with Crippen LogP contribution in [-0.2, 0) is 29.5 Å². The van der Waals surface area contributed by atoms with Gasteiger partial charge in [0.2, 0.25) is 0 Å². The fourth-order valence-corrected chi connectivity index (χ4v) is 5.46. The maximum atomic E-state index is 12.9. The van der Waals surface area contributed by atoms with Gasteiger partial charge in [-0.2, -0.15) is 5.10 Å². The third-order valence-electron chi connectivity index (χ3n) is 7.62. The van der Waals surface area contributed by atoms with Crippen LogP contribution in [-0.4, -0.2) is 56.7 Å². The van der Waals surface area contributed by atoms with Gasteiger partial charge in [0.05, 0.1) is 29.9 Å². The van der Waals surface area contributed by atoms with Gasteiger partial charge < -0.3 is 4.74 Å². The number of aromatic nitrogens is 4. The van der Waals surface area contributed by atoms with E-state index >= 15 is 0 Å². The minimum atomic E-state index is 0.102. The van der Waals surface area contributed by atoms with Crippen molar-refractivity contribution in [3.63, 3.8) is 0 Å². The molecule has 0 unspecified atom stereocenters. The van der Waals surface area contributed by atoms with Crippen molar-refractivity contribution in [1.29, 1.82) is 0 Å². The monoisotopic (exact) mass is 461 g/mol. The van der Waals surface area contributed by atoms with Crippen molar-refractivity contribution >= 4 is 16.7 Å². The van der Waals surface area contributed by atoms with Crippen LogP contribution in [0.25, 0.3) is 22.0 Å². The molecule has 3 heterocycles. The summed E-state index contributed by atoms with van der Waals surface area (Å²) in [6, 6.07) is 6.31. The number of ether oxygens (including phenoxy) is 1. The van der Waals surface area contributed by atoms with Gasteiger partial charge in [-0.3, -0.25) is 14.4 Å². The molecule has 3 aromatic rings. The van der Waals surface area contributed by atoms with E-state index in [0.717, 1.165) is 67.3 Å². The number of nitrogens with zero attached hydrogens (tertiary/aromatic N) is 5. The van der Waals surface area contributed by atoms with E-state index in [1.165, 1.54) is 25.0 Å². The Kier molecular flexibility index (Phi) is 7.02. The number of benzene rings is 1. The standard InChI is InChI=1S/C27H35N5O2/c1-31-25(18-32-12-4-3-5-13-32)23(17-29-31)20-6-7-21-16-28-27(30-24(21)14-20)15-26(33)19-8-10-22(34-2)11-9-19/h6-7,14,16-17,19,22H,3-5,8-13,15,18H2,1-2H3. The summed E-state index contributed by atoms with van der Waals surface area (Å²) in [5.41, 5.74) is 4.38. The fraction of sp³-hybridized carbons (Fsp3) is 0.556. The fourth-order valence-electron chi connectivity index (χ4n) is 5.46. The highest BCUT2D eigenvalue weighted by Crippen LogP contribution is 2.29. The zero-order valence-electron chi connectivity index (χ0n) is 20.4. The highest BCUT2D eigenvalue weighted by molar-refractivity contribution is 5.86. The predicted molar refractivity (Wildman–Crippen MR) is 132 cm³/mol. The maximum Gasteiger partial charge on any atom is 0.143 e. The Morgan fingerprint density at radius 3 is 2.65 bits per heavy atom. The van der Waals surface area contributed by atoms with Crippen LogP contribution in [0.5, 0.6) is 0 Å².